The summed E-state index contributed by atoms with van der Waals surface area (Å²) in [5.41, 5.74) is 8.60. The van der Waals surface area contributed by atoms with E-state index in [1.54, 1.807) is 0 Å². The third-order valence-electron chi connectivity index (χ3n) is 2.26. The molecule has 0 amide bonds. The molecule has 0 bridgehead atoms. The Morgan fingerprint density at radius 3 is 3.08 bits per heavy atom. The van der Waals surface area contributed by atoms with E-state index in [1.807, 2.05) is 18.2 Å². The third kappa shape index (κ3) is 1.29. The second-order valence-electron chi connectivity index (χ2n) is 3.18. The van der Waals surface area contributed by atoms with Crippen molar-refractivity contribution in [3.8, 4) is 0 Å². The smallest absolute Gasteiger partial charge is 0.116 e. The van der Waals surface area contributed by atoms with Crippen LogP contribution in [0.5, 0.6) is 0 Å². The minimum absolute atomic E-state index is 0.328. The van der Waals surface area contributed by atoms with Gasteiger partial charge in [-0.25, -0.2) is 0 Å². The van der Waals surface area contributed by atoms with Gasteiger partial charge in [-0.1, -0.05) is 19.1 Å². The highest BCUT2D eigenvalue weighted by molar-refractivity contribution is 5.77. The van der Waals surface area contributed by atoms with Crippen LogP contribution in [0.25, 0.3) is 11.0 Å². The molecule has 1 unspecified atom stereocenters. The monoisotopic (exact) mass is 176 g/mol. The molecule has 68 valence electrons. The molecule has 1 aromatic heterocycles. The Balaban J connectivity index is 2.60. The number of fused-ring (bicyclic) bond motifs is 1. The van der Waals surface area contributed by atoms with Crippen molar-refractivity contribution < 1.29 is 0 Å². The molecule has 0 radical (unpaired) electrons. The average molecular weight is 176 g/mol. The van der Waals surface area contributed by atoms with E-state index >= 15 is 0 Å². The van der Waals surface area contributed by atoms with Gasteiger partial charge in [0.1, 0.15) is 11.0 Å². The van der Waals surface area contributed by atoms with Crippen molar-refractivity contribution in [2.24, 2.45) is 5.73 Å². The fourth-order valence-electron chi connectivity index (χ4n) is 1.41. The van der Waals surface area contributed by atoms with E-state index in [2.05, 4.69) is 22.3 Å². The first-order valence-corrected chi connectivity index (χ1v) is 4.32. The number of aromatic nitrogens is 3. The molecule has 2 rings (SSSR count). The molecule has 3 N–H and O–H groups in total. The van der Waals surface area contributed by atoms with E-state index < -0.39 is 0 Å². The van der Waals surface area contributed by atoms with Crippen LogP contribution < -0.4 is 5.73 Å². The largest absolute Gasteiger partial charge is 0.330 e. The number of aromatic amines is 1. The number of benzene rings is 1. The zero-order valence-electron chi connectivity index (χ0n) is 7.49. The van der Waals surface area contributed by atoms with Crippen LogP contribution in [0.2, 0.25) is 0 Å². The Kier molecular flexibility index (Phi) is 1.98. The lowest BCUT2D eigenvalue weighted by Crippen LogP contribution is -2.09. The van der Waals surface area contributed by atoms with E-state index in [9.17, 15) is 0 Å². The lowest BCUT2D eigenvalue weighted by molar-refractivity contribution is 0.778. The summed E-state index contributed by atoms with van der Waals surface area (Å²) in [6.07, 6.45) is 0. The summed E-state index contributed by atoms with van der Waals surface area (Å²) in [6, 6.07) is 5.96. The van der Waals surface area contributed by atoms with Crippen LogP contribution in [0, 0.1) is 0 Å². The van der Waals surface area contributed by atoms with E-state index in [4.69, 9.17) is 5.73 Å². The number of H-pyrrole nitrogens is 1. The van der Waals surface area contributed by atoms with E-state index in [-0.39, 0.29) is 0 Å². The predicted octanol–water partition coefficient (Wildman–Crippen LogP) is 1.02. The van der Waals surface area contributed by atoms with Crippen LogP contribution in [0.4, 0.5) is 0 Å². The van der Waals surface area contributed by atoms with Crippen molar-refractivity contribution in [1.29, 1.82) is 0 Å². The molecule has 0 saturated carbocycles. The van der Waals surface area contributed by atoms with Crippen molar-refractivity contribution in [3.05, 3.63) is 23.8 Å². The summed E-state index contributed by atoms with van der Waals surface area (Å²) >= 11 is 0. The maximum Gasteiger partial charge on any atom is 0.116 e. The fourth-order valence-corrected chi connectivity index (χ4v) is 1.41. The highest BCUT2D eigenvalue weighted by Crippen LogP contribution is 2.21. The molecule has 0 aliphatic rings. The zero-order chi connectivity index (χ0) is 9.26. The van der Waals surface area contributed by atoms with Gasteiger partial charge in [0.25, 0.3) is 0 Å². The Morgan fingerprint density at radius 2 is 2.31 bits per heavy atom. The summed E-state index contributed by atoms with van der Waals surface area (Å²) in [5, 5.41) is 10.7. The first-order chi connectivity index (χ1) is 6.33. The second kappa shape index (κ2) is 3.14. The lowest BCUT2D eigenvalue weighted by Gasteiger charge is -2.07. The first kappa shape index (κ1) is 8.19. The highest BCUT2D eigenvalue weighted by atomic mass is 15.3. The van der Waals surface area contributed by atoms with Crippen LogP contribution in [-0.2, 0) is 0 Å². The number of hydrogen-bond acceptors (Lipinski definition) is 3. The third-order valence-corrected chi connectivity index (χ3v) is 2.26. The second-order valence-corrected chi connectivity index (χ2v) is 3.18. The van der Waals surface area contributed by atoms with E-state index in [0.717, 1.165) is 16.6 Å². The minimum atomic E-state index is 0.328. The Labute approximate surface area is 76.1 Å². The van der Waals surface area contributed by atoms with Gasteiger partial charge < -0.3 is 5.73 Å². The Bertz CT molecular complexity index is 407. The normalized spacial score (nSPS) is 13.4. The molecule has 1 heterocycles. The maximum absolute atomic E-state index is 5.61. The number of nitrogens with two attached hydrogens (primary N) is 1. The standard InChI is InChI=1S/C9H12N4/c1-6(5-10)7-3-2-4-8-9(7)12-13-11-8/h2-4,6H,5,10H2,1H3,(H,11,12,13). The fraction of sp³-hybridized carbons (Fsp3) is 0.333. The van der Waals surface area contributed by atoms with Crippen LogP contribution in [0.1, 0.15) is 18.4 Å². The van der Waals surface area contributed by atoms with Crippen LogP contribution in [0.3, 0.4) is 0 Å². The van der Waals surface area contributed by atoms with Crippen LogP contribution in [-0.4, -0.2) is 22.0 Å². The van der Waals surface area contributed by atoms with Gasteiger partial charge in [-0.15, -0.1) is 0 Å². The van der Waals surface area contributed by atoms with Gasteiger partial charge in [-0.2, -0.15) is 15.4 Å². The summed E-state index contributed by atoms with van der Waals surface area (Å²) in [7, 11) is 0. The summed E-state index contributed by atoms with van der Waals surface area (Å²) in [6.45, 7) is 2.72. The minimum Gasteiger partial charge on any atom is -0.330 e. The van der Waals surface area contributed by atoms with Gasteiger partial charge >= 0.3 is 0 Å². The molecular formula is C9H12N4. The number of para-hydroxylation sites is 1. The van der Waals surface area contributed by atoms with Crippen molar-refractivity contribution >= 4 is 11.0 Å². The van der Waals surface area contributed by atoms with Crippen molar-refractivity contribution in [3.63, 3.8) is 0 Å². The van der Waals surface area contributed by atoms with Gasteiger partial charge in [0, 0.05) is 0 Å². The molecule has 0 saturated heterocycles. The van der Waals surface area contributed by atoms with E-state index in [1.165, 1.54) is 0 Å². The SMILES string of the molecule is CC(CN)c1cccc2n[nH]nc12. The molecule has 4 nitrogen and oxygen atoms in total. The lowest BCUT2D eigenvalue weighted by atomic mass is 10.0. The van der Waals surface area contributed by atoms with Crippen LogP contribution >= 0.6 is 0 Å². The van der Waals surface area contributed by atoms with Gasteiger partial charge in [0.2, 0.25) is 0 Å². The summed E-state index contributed by atoms with van der Waals surface area (Å²) in [4.78, 5) is 0. The molecule has 1 aromatic carbocycles. The van der Waals surface area contributed by atoms with Crippen molar-refractivity contribution in [1.82, 2.24) is 15.4 Å². The van der Waals surface area contributed by atoms with Crippen LogP contribution in [0.15, 0.2) is 18.2 Å². The number of hydrogen-bond donors (Lipinski definition) is 2. The van der Waals surface area contributed by atoms with E-state index in [0.29, 0.717) is 12.5 Å². The van der Waals surface area contributed by atoms with Gasteiger partial charge in [-0.05, 0) is 24.1 Å². The molecule has 1 atom stereocenters. The van der Waals surface area contributed by atoms with Gasteiger partial charge in [0.15, 0.2) is 0 Å². The molecule has 13 heavy (non-hydrogen) atoms. The predicted molar refractivity (Wildman–Crippen MR) is 51.4 cm³/mol. The molecule has 0 aliphatic heterocycles. The topological polar surface area (TPSA) is 67.6 Å². The van der Waals surface area contributed by atoms with Crippen molar-refractivity contribution in [2.45, 2.75) is 12.8 Å². The van der Waals surface area contributed by atoms with Gasteiger partial charge in [0.05, 0.1) is 0 Å². The van der Waals surface area contributed by atoms with Crippen molar-refractivity contribution in [2.75, 3.05) is 6.54 Å². The molecule has 4 heteroatoms. The Hall–Kier alpha value is -1.42. The first-order valence-electron chi connectivity index (χ1n) is 4.32. The summed E-state index contributed by atoms with van der Waals surface area (Å²) in [5.74, 6) is 0.328. The number of nitrogens with one attached hydrogen (secondary N) is 1. The molecule has 0 aliphatic carbocycles. The number of nitrogens with zero attached hydrogens (tertiary/aromatic N) is 2. The number of rotatable bonds is 2. The van der Waals surface area contributed by atoms with Gasteiger partial charge in [-0.3, -0.25) is 0 Å². The molecule has 0 spiro atoms. The Morgan fingerprint density at radius 1 is 1.46 bits per heavy atom. The summed E-state index contributed by atoms with van der Waals surface area (Å²) < 4.78 is 0. The molecule has 0 fully saturated rings. The average Bonchev–Trinajstić information content (AvgIpc) is 2.63. The molecular weight excluding hydrogens is 164 g/mol. The zero-order valence-corrected chi connectivity index (χ0v) is 7.49. The highest BCUT2D eigenvalue weighted by Gasteiger charge is 2.09. The maximum atomic E-state index is 5.61. The quantitative estimate of drug-likeness (QED) is 0.717. The molecule has 2 aromatic rings.